The Morgan fingerprint density at radius 1 is 0.457 bits per heavy atom. The number of hydrogen-bond acceptors (Lipinski definition) is 4. The molecular formula is C75H88BN3OSi. The van der Waals surface area contributed by atoms with Gasteiger partial charge in [0, 0.05) is 45.2 Å². The van der Waals surface area contributed by atoms with Crippen LogP contribution in [0.25, 0.3) is 11.0 Å². The maximum atomic E-state index is 7.84. The first-order chi connectivity index (χ1) is 37.9. The minimum atomic E-state index is -1.60. The lowest BCUT2D eigenvalue weighted by atomic mass is 9.35. The maximum Gasteiger partial charge on any atom is 0.297 e. The predicted molar refractivity (Wildman–Crippen MR) is 352 cm³/mol. The fraction of sp³-hybridized carbons (Fsp3) is 0.413. The molecule has 0 amide bonds. The number of nitrogens with zero attached hydrogens (tertiary/aromatic N) is 3. The summed E-state index contributed by atoms with van der Waals surface area (Å²) >= 11 is 0. The molecule has 0 N–H and O–H groups in total. The molecule has 7 aromatic carbocycles. The van der Waals surface area contributed by atoms with E-state index in [1.807, 2.05) is 0 Å². The van der Waals surface area contributed by atoms with Gasteiger partial charge in [-0.3, -0.25) is 0 Å². The van der Waals surface area contributed by atoms with Crippen molar-refractivity contribution in [2.24, 2.45) is 0 Å². The van der Waals surface area contributed by atoms with Crippen molar-refractivity contribution >= 4 is 98.7 Å². The summed E-state index contributed by atoms with van der Waals surface area (Å²) in [6, 6.07) is 53.2. The Morgan fingerprint density at radius 3 is 1.49 bits per heavy atom. The Morgan fingerprint density at radius 2 is 0.938 bits per heavy atom. The maximum absolute atomic E-state index is 7.84. The molecule has 0 fully saturated rings. The van der Waals surface area contributed by atoms with E-state index in [-0.39, 0.29) is 44.6 Å². The lowest BCUT2D eigenvalue weighted by Crippen LogP contribution is -2.61. The van der Waals surface area contributed by atoms with Crippen LogP contribution in [0, 0.1) is 0 Å². The molecule has 5 aliphatic rings. The van der Waals surface area contributed by atoms with E-state index < -0.39 is 8.07 Å². The summed E-state index contributed by atoms with van der Waals surface area (Å²) in [4.78, 5) is 7.86. The topological polar surface area (TPSA) is 22.9 Å². The van der Waals surface area contributed by atoms with E-state index in [2.05, 4.69) is 272 Å². The summed E-state index contributed by atoms with van der Waals surface area (Å²) < 4.78 is 7.84. The van der Waals surface area contributed by atoms with Gasteiger partial charge in [-0.15, -0.1) is 0 Å². The van der Waals surface area contributed by atoms with Gasteiger partial charge in [0.25, 0.3) is 6.71 Å². The van der Waals surface area contributed by atoms with Crippen LogP contribution in [0.4, 0.5) is 51.2 Å². The highest BCUT2D eigenvalue weighted by atomic mass is 28.3. The Kier molecular flexibility index (Phi) is 11.8. The Hall–Kier alpha value is -6.24. The summed E-state index contributed by atoms with van der Waals surface area (Å²) in [6.07, 6.45) is 6.88. The minimum Gasteiger partial charge on any atom is -0.468 e. The van der Waals surface area contributed by atoms with E-state index in [1.54, 1.807) is 0 Å². The van der Waals surface area contributed by atoms with Crippen molar-refractivity contribution in [3.63, 3.8) is 0 Å². The van der Waals surface area contributed by atoms with Crippen LogP contribution in [0.5, 0.6) is 0 Å². The lowest BCUT2D eigenvalue weighted by Gasteiger charge is -2.47. The highest BCUT2D eigenvalue weighted by Gasteiger charge is 2.51. The largest absolute Gasteiger partial charge is 0.468 e. The van der Waals surface area contributed by atoms with Crippen molar-refractivity contribution in [3.8, 4) is 0 Å². The molecule has 8 aromatic rings. The van der Waals surface area contributed by atoms with Crippen LogP contribution >= 0.6 is 0 Å². The smallest absolute Gasteiger partial charge is 0.297 e. The molecule has 0 saturated heterocycles. The van der Waals surface area contributed by atoms with Crippen LogP contribution in [0.1, 0.15) is 181 Å². The highest BCUT2D eigenvalue weighted by Crippen LogP contribution is 2.56. The van der Waals surface area contributed by atoms with Gasteiger partial charge in [0.05, 0.1) is 25.1 Å². The van der Waals surface area contributed by atoms with Crippen LogP contribution in [-0.2, 0) is 37.9 Å². The molecule has 416 valence electrons. The number of para-hydroxylation sites is 1. The molecular weight excluding hydrogens is 998 g/mol. The van der Waals surface area contributed by atoms with E-state index in [0.29, 0.717) is 0 Å². The lowest BCUT2D eigenvalue weighted by molar-refractivity contribution is 0.332. The number of anilines is 9. The molecule has 81 heavy (non-hydrogen) atoms. The molecule has 0 spiro atoms. The van der Waals surface area contributed by atoms with Gasteiger partial charge in [0.1, 0.15) is 5.58 Å². The van der Waals surface area contributed by atoms with Gasteiger partial charge in [-0.2, -0.15) is 0 Å². The summed E-state index contributed by atoms with van der Waals surface area (Å²) in [7, 11) is -1.60. The summed E-state index contributed by atoms with van der Waals surface area (Å²) in [5.41, 5.74) is 25.3. The van der Waals surface area contributed by atoms with E-state index in [0.717, 1.165) is 71.8 Å². The third kappa shape index (κ3) is 8.47. The van der Waals surface area contributed by atoms with E-state index in [1.165, 1.54) is 89.6 Å². The van der Waals surface area contributed by atoms with Crippen LogP contribution in [0.15, 0.2) is 138 Å². The minimum absolute atomic E-state index is 0.00452. The molecule has 0 bridgehead atoms. The third-order valence-electron chi connectivity index (χ3n) is 20.9. The molecule has 13 rings (SSSR count). The summed E-state index contributed by atoms with van der Waals surface area (Å²) in [6.45, 7) is 43.8. The molecule has 4 nitrogen and oxygen atoms in total. The quantitative estimate of drug-likeness (QED) is 0.155. The van der Waals surface area contributed by atoms with Gasteiger partial charge in [-0.05, 0) is 205 Å². The van der Waals surface area contributed by atoms with Crippen LogP contribution < -0.4 is 36.5 Å². The monoisotopic (exact) mass is 1090 g/mol. The molecule has 0 unspecified atom stereocenters. The van der Waals surface area contributed by atoms with Crippen molar-refractivity contribution in [2.75, 3.05) is 14.7 Å². The van der Waals surface area contributed by atoms with Crippen molar-refractivity contribution < 1.29 is 4.42 Å². The van der Waals surface area contributed by atoms with E-state index in [4.69, 9.17) is 4.42 Å². The van der Waals surface area contributed by atoms with Crippen LogP contribution in [0.3, 0.4) is 0 Å². The molecule has 3 heterocycles. The van der Waals surface area contributed by atoms with Gasteiger partial charge >= 0.3 is 0 Å². The van der Waals surface area contributed by atoms with Gasteiger partial charge in [-0.1, -0.05) is 183 Å². The Balaban J connectivity index is 1.20. The zero-order chi connectivity index (χ0) is 57.5. The molecule has 0 saturated carbocycles. The van der Waals surface area contributed by atoms with Gasteiger partial charge in [0.15, 0.2) is 0 Å². The number of benzene rings is 7. The standard InChI is InChI=1S/C75H88BN3OSi/c1-69(2,3)47-24-26-50(27-25-47)79-64-42-52(77(48-22-20-19-21-23-48)49-28-31-53(32-29-49)81(16,17)18)41-63-66(64)76(68-67(79)54-43-57-60(46-65(54)80-68)75(14,15)39-36-72(57,8)9)61-44-58-59(74(12,13)38-37-73(58,10)11)45-62(61)78(63)51-30-33-55-56(40-51)71(6,7)35-34-70(55,4)5/h19-33,40-46H,34-39H2,1-18H3. The fourth-order valence-corrected chi connectivity index (χ4v) is 16.4. The van der Waals surface area contributed by atoms with Crippen molar-refractivity contribution in [2.45, 2.75) is 200 Å². The number of hydrogen-bond donors (Lipinski definition) is 0. The van der Waals surface area contributed by atoms with Crippen LogP contribution in [-0.4, -0.2) is 14.8 Å². The second-order valence-electron chi connectivity index (χ2n) is 31.5. The van der Waals surface area contributed by atoms with Crippen molar-refractivity contribution in [1.82, 2.24) is 0 Å². The van der Waals surface area contributed by atoms with Gasteiger partial charge in [0.2, 0.25) is 0 Å². The SMILES string of the molecule is CC(C)(C)c1ccc(N2c3cc(N(c4ccccc4)c4ccc([Si](C)(C)C)cc4)cc4c3B(c3cc5c(cc3N4c3ccc4c(c3)C(C)(C)CCC4(C)C)C(C)(C)CCC5(C)C)c3oc4cc5c(cc4c32)C(C)(C)CCC5(C)C)cc1. The molecule has 3 aliphatic carbocycles. The number of fused-ring (bicyclic) bond motifs is 9. The first-order valence-corrected chi connectivity index (χ1v) is 34.2. The average Bonchev–Trinajstić information content (AvgIpc) is 2.05. The van der Waals surface area contributed by atoms with Gasteiger partial charge < -0.3 is 19.1 Å². The first-order valence-electron chi connectivity index (χ1n) is 30.7. The van der Waals surface area contributed by atoms with Gasteiger partial charge in [-0.25, -0.2) is 0 Å². The number of rotatable bonds is 6. The molecule has 0 atom stereocenters. The molecule has 6 heteroatoms. The van der Waals surface area contributed by atoms with Crippen molar-refractivity contribution in [1.29, 1.82) is 0 Å². The number of furan rings is 1. The molecule has 2 aliphatic heterocycles. The second-order valence-corrected chi connectivity index (χ2v) is 36.5. The fourth-order valence-electron chi connectivity index (χ4n) is 15.2. The molecule has 0 radical (unpaired) electrons. The Bertz CT molecular complexity index is 3860. The Labute approximate surface area is 487 Å². The summed E-state index contributed by atoms with van der Waals surface area (Å²) in [5.74, 6) is 0. The molecule has 1 aromatic heterocycles. The van der Waals surface area contributed by atoms with E-state index in [9.17, 15) is 0 Å². The first kappa shape index (κ1) is 54.0. The highest BCUT2D eigenvalue weighted by molar-refractivity contribution is 7.00. The van der Waals surface area contributed by atoms with Crippen molar-refractivity contribution in [3.05, 3.63) is 172 Å². The van der Waals surface area contributed by atoms with Crippen LogP contribution in [0.2, 0.25) is 19.6 Å². The summed E-state index contributed by atoms with van der Waals surface area (Å²) in [5, 5.41) is 2.65. The zero-order valence-electron chi connectivity index (χ0n) is 52.3. The zero-order valence-corrected chi connectivity index (χ0v) is 53.3. The normalized spacial score (nSPS) is 19.5. The van der Waals surface area contributed by atoms with E-state index >= 15 is 0 Å². The average molecular weight is 1090 g/mol. The second kappa shape index (κ2) is 17.6. The third-order valence-corrected chi connectivity index (χ3v) is 23.0. The predicted octanol–water partition coefficient (Wildman–Crippen LogP) is 18.9.